The molecule has 7 nitrogen and oxygen atoms in total. The van der Waals surface area contributed by atoms with Crippen molar-refractivity contribution in [2.24, 2.45) is 11.5 Å². The number of hydrogen-bond donors (Lipinski definition) is 3. The van der Waals surface area contributed by atoms with Gasteiger partial charge in [-0.3, -0.25) is 15.3 Å². The summed E-state index contributed by atoms with van der Waals surface area (Å²) in [5.74, 6) is -1.23. The van der Waals surface area contributed by atoms with Gasteiger partial charge in [-0.05, 0) is 21.0 Å². The van der Waals surface area contributed by atoms with Crippen LogP contribution in [0.1, 0.15) is 6.92 Å². The van der Waals surface area contributed by atoms with Crippen molar-refractivity contribution in [3.8, 4) is 0 Å². The van der Waals surface area contributed by atoms with Gasteiger partial charge >= 0.3 is 5.97 Å². The Morgan fingerprint density at radius 1 is 1.38 bits per heavy atom. The van der Waals surface area contributed by atoms with Crippen LogP contribution in [-0.2, 0) is 14.3 Å². The summed E-state index contributed by atoms with van der Waals surface area (Å²) in [5, 5.41) is 2.53. The molecule has 0 radical (unpaired) electrons. The lowest BCUT2D eigenvalue weighted by Crippen LogP contribution is -2.47. The van der Waals surface area contributed by atoms with Gasteiger partial charge in [0, 0.05) is 13.1 Å². The number of carbonyl (C=O) groups is 2. The number of esters is 1. The van der Waals surface area contributed by atoms with Crippen molar-refractivity contribution in [2.75, 3.05) is 27.2 Å². The van der Waals surface area contributed by atoms with Crippen molar-refractivity contribution in [3.63, 3.8) is 0 Å². The van der Waals surface area contributed by atoms with Crippen molar-refractivity contribution < 1.29 is 14.3 Å². The van der Waals surface area contributed by atoms with Crippen LogP contribution in [0.3, 0.4) is 0 Å². The van der Waals surface area contributed by atoms with Gasteiger partial charge < -0.3 is 20.7 Å². The van der Waals surface area contributed by atoms with E-state index >= 15 is 0 Å². The van der Waals surface area contributed by atoms with Gasteiger partial charge in [-0.15, -0.1) is 0 Å². The number of nitrogens with one attached hydrogen (secondary N) is 1. The molecule has 2 atom stereocenters. The Kier molecular flexibility index (Phi) is 6.63. The molecule has 0 heterocycles. The highest BCUT2D eigenvalue weighted by molar-refractivity contribution is 5.84. The summed E-state index contributed by atoms with van der Waals surface area (Å²) in [7, 11) is 3.75. The third-order valence-corrected chi connectivity index (χ3v) is 1.73. The van der Waals surface area contributed by atoms with Crippen LogP contribution >= 0.6 is 0 Å². The molecule has 0 aliphatic heterocycles. The quantitative estimate of drug-likeness (QED) is 0.355. The maximum Gasteiger partial charge on any atom is 0.324 e. The molecular weight excluding hydrogens is 212 g/mol. The average Bonchev–Trinajstić information content (AvgIpc) is 2.16. The zero-order chi connectivity index (χ0) is 12.7. The van der Waals surface area contributed by atoms with Crippen molar-refractivity contribution >= 4 is 11.9 Å². The van der Waals surface area contributed by atoms with Gasteiger partial charge in [0.2, 0.25) is 6.23 Å². The first-order chi connectivity index (χ1) is 7.34. The molecule has 1 amide bonds. The fourth-order valence-electron chi connectivity index (χ4n) is 0.789. The summed E-state index contributed by atoms with van der Waals surface area (Å²) in [6.45, 7) is 2.58. The minimum atomic E-state index is -1.30. The maximum atomic E-state index is 11.3. The zero-order valence-corrected chi connectivity index (χ0v) is 9.90. The van der Waals surface area contributed by atoms with Crippen molar-refractivity contribution in [2.45, 2.75) is 19.2 Å². The van der Waals surface area contributed by atoms with Crippen LogP contribution in [-0.4, -0.2) is 56.2 Å². The summed E-state index contributed by atoms with van der Waals surface area (Å²) in [5.41, 5.74) is 10.6. The van der Waals surface area contributed by atoms with Gasteiger partial charge in [0.05, 0.1) is 0 Å². The molecular formula is C9H20N4O3. The Hall–Kier alpha value is -1.18. The summed E-state index contributed by atoms with van der Waals surface area (Å²) < 4.78 is 4.62. The predicted octanol–water partition coefficient (Wildman–Crippen LogP) is -2.16. The van der Waals surface area contributed by atoms with Crippen LogP contribution in [0, 0.1) is 0 Å². The predicted molar refractivity (Wildman–Crippen MR) is 59.3 cm³/mol. The van der Waals surface area contributed by atoms with Crippen LogP contribution in [0.25, 0.3) is 0 Å². The van der Waals surface area contributed by atoms with E-state index in [1.165, 1.54) is 6.92 Å². The number of ether oxygens (including phenoxy) is 1. The molecule has 0 aliphatic carbocycles. The molecule has 0 saturated heterocycles. The highest BCUT2D eigenvalue weighted by Crippen LogP contribution is 1.89. The van der Waals surface area contributed by atoms with Crippen molar-refractivity contribution in [3.05, 3.63) is 0 Å². The van der Waals surface area contributed by atoms with Crippen LogP contribution in [0.4, 0.5) is 0 Å². The Morgan fingerprint density at radius 3 is 2.38 bits per heavy atom. The molecule has 0 saturated carbocycles. The second-order valence-corrected chi connectivity index (χ2v) is 3.74. The summed E-state index contributed by atoms with van der Waals surface area (Å²) >= 11 is 0. The van der Waals surface area contributed by atoms with E-state index in [0.717, 1.165) is 0 Å². The van der Waals surface area contributed by atoms with E-state index in [0.29, 0.717) is 13.1 Å². The van der Waals surface area contributed by atoms with E-state index in [2.05, 4.69) is 10.1 Å². The molecule has 94 valence electrons. The normalized spacial score (nSPS) is 14.4. The second-order valence-electron chi connectivity index (χ2n) is 3.74. The number of rotatable bonds is 6. The zero-order valence-electron chi connectivity index (χ0n) is 9.90. The highest BCUT2D eigenvalue weighted by atomic mass is 16.6. The number of amides is 1. The molecule has 2 unspecified atom stereocenters. The molecule has 0 aromatic heterocycles. The van der Waals surface area contributed by atoms with Crippen molar-refractivity contribution in [1.29, 1.82) is 0 Å². The Balaban J connectivity index is 3.86. The highest BCUT2D eigenvalue weighted by Gasteiger charge is 2.19. The third-order valence-electron chi connectivity index (χ3n) is 1.73. The molecule has 5 N–H and O–H groups in total. The first kappa shape index (κ1) is 14.8. The van der Waals surface area contributed by atoms with Crippen LogP contribution in [0.5, 0.6) is 0 Å². The Bertz CT molecular complexity index is 243. The van der Waals surface area contributed by atoms with Crippen LogP contribution < -0.4 is 16.8 Å². The fraction of sp³-hybridized carbons (Fsp3) is 0.778. The van der Waals surface area contributed by atoms with Crippen LogP contribution in [0.15, 0.2) is 0 Å². The first-order valence-corrected chi connectivity index (χ1v) is 4.98. The number of hydrogen-bond acceptors (Lipinski definition) is 6. The summed E-state index contributed by atoms with van der Waals surface area (Å²) in [6.07, 6.45) is -1.30. The number of nitrogens with zero attached hydrogens (tertiary/aromatic N) is 1. The SMILES string of the molecule is CC(N)C(=O)OC(N)C(=O)NCCN(C)C. The molecule has 0 spiro atoms. The van der Waals surface area contributed by atoms with Gasteiger partial charge in [-0.25, -0.2) is 0 Å². The molecule has 0 bridgehead atoms. The standard InChI is InChI=1S/C9H20N4O3/c1-6(10)9(15)16-7(11)8(14)12-4-5-13(2)3/h6-7H,4-5,10-11H2,1-3H3,(H,12,14). The van der Waals surface area contributed by atoms with E-state index in [-0.39, 0.29) is 0 Å². The van der Waals surface area contributed by atoms with E-state index in [1.807, 2.05) is 19.0 Å². The lowest BCUT2D eigenvalue weighted by atomic mass is 10.4. The largest absolute Gasteiger partial charge is 0.436 e. The van der Waals surface area contributed by atoms with Gasteiger partial charge in [0.25, 0.3) is 5.91 Å². The second kappa shape index (κ2) is 7.15. The number of likely N-dealkylation sites (N-methyl/N-ethyl adjacent to an activating group) is 1. The smallest absolute Gasteiger partial charge is 0.324 e. The monoisotopic (exact) mass is 232 g/mol. The molecule has 0 fully saturated rings. The topological polar surface area (TPSA) is 111 Å². The van der Waals surface area contributed by atoms with E-state index < -0.39 is 24.1 Å². The average molecular weight is 232 g/mol. The molecule has 16 heavy (non-hydrogen) atoms. The van der Waals surface area contributed by atoms with Gasteiger partial charge in [0.15, 0.2) is 0 Å². The third kappa shape index (κ3) is 6.33. The van der Waals surface area contributed by atoms with Gasteiger partial charge in [-0.1, -0.05) is 0 Å². The van der Waals surface area contributed by atoms with E-state index in [1.54, 1.807) is 0 Å². The van der Waals surface area contributed by atoms with Crippen LogP contribution in [0.2, 0.25) is 0 Å². The minimum absolute atomic E-state index is 0.440. The Labute approximate surface area is 95.1 Å². The van der Waals surface area contributed by atoms with Gasteiger partial charge in [-0.2, -0.15) is 0 Å². The van der Waals surface area contributed by atoms with Gasteiger partial charge in [0.1, 0.15) is 6.04 Å². The van der Waals surface area contributed by atoms with E-state index in [4.69, 9.17) is 11.5 Å². The molecule has 0 aliphatic rings. The molecule has 0 aromatic rings. The minimum Gasteiger partial charge on any atom is -0.436 e. The lowest BCUT2D eigenvalue weighted by molar-refractivity contribution is -0.156. The van der Waals surface area contributed by atoms with Crippen molar-refractivity contribution in [1.82, 2.24) is 10.2 Å². The molecule has 0 aromatic carbocycles. The summed E-state index contributed by atoms with van der Waals surface area (Å²) in [4.78, 5) is 24.2. The van der Waals surface area contributed by atoms with E-state index in [9.17, 15) is 9.59 Å². The first-order valence-electron chi connectivity index (χ1n) is 4.98. The molecule has 0 rings (SSSR count). The Morgan fingerprint density at radius 2 is 1.94 bits per heavy atom. The fourth-order valence-corrected chi connectivity index (χ4v) is 0.789. The summed E-state index contributed by atoms with van der Waals surface area (Å²) in [6, 6.07) is -0.791. The number of nitrogens with two attached hydrogens (primary N) is 2. The number of carbonyl (C=O) groups excluding carboxylic acids is 2. The lowest BCUT2D eigenvalue weighted by Gasteiger charge is -2.15. The molecule has 7 heteroatoms. The maximum absolute atomic E-state index is 11.3.